The number of carboxylic acid groups (broad SMARTS) is 1. The molecule has 1 aromatic heterocycles. The predicted molar refractivity (Wildman–Crippen MR) is 73.1 cm³/mol. The molecule has 0 radical (unpaired) electrons. The summed E-state index contributed by atoms with van der Waals surface area (Å²) in [4.78, 5) is 25.1. The van der Waals surface area contributed by atoms with Gasteiger partial charge in [0.05, 0.1) is 11.6 Å². The number of aliphatic carboxylic acids is 1. The third kappa shape index (κ3) is 2.60. The number of urea groups is 1. The Morgan fingerprint density at radius 1 is 1.55 bits per heavy atom. The predicted octanol–water partition coefficient (Wildman–Crippen LogP) is 0.857. The molecule has 1 saturated carbocycles. The Bertz CT molecular complexity index is 503. The molecule has 1 aromatic rings. The SMILES string of the molecule is O=C(O)C1CSC(C2CC2)N1C(=O)NCc1cn[nH]c1. The molecular formula is C12H16N4O3S. The first-order chi connectivity index (χ1) is 9.66. The van der Waals surface area contributed by atoms with E-state index in [9.17, 15) is 14.7 Å². The second kappa shape index (κ2) is 5.35. The van der Waals surface area contributed by atoms with E-state index in [4.69, 9.17) is 0 Å². The van der Waals surface area contributed by atoms with Crippen LogP contribution in [-0.4, -0.2) is 49.4 Å². The van der Waals surface area contributed by atoms with Crippen molar-refractivity contribution in [2.75, 3.05) is 5.75 Å². The van der Waals surface area contributed by atoms with Crippen LogP contribution in [0.15, 0.2) is 12.4 Å². The minimum absolute atomic E-state index is 0.000416. The topological polar surface area (TPSA) is 98.3 Å². The lowest BCUT2D eigenvalue weighted by Crippen LogP contribution is -2.50. The highest BCUT2D eigenvalue weighted by Gasteiger charge is 2.48. The van der Waals surface area contributed by atoms with E-state index in [-0.39, 0.29) is 11.4 Å². The van der Waals surface area contributed by atoms with Gasteiger partial charge in [-0.25, -0.2) is 9.59 Å². The van der Waals surface area contributed by atoms with Gasteiger partial charge in [-0.2, -0.15) is 5.10 Å². The summed E-state index contributed by atoms with van der Waals surface area (Å²) >= 11 is 1.57. The Morgan fingerprint density at radius 2 is 2.35 bits per heavy atom. The highest BCUT2D eigenvalue weighted by atomic mass is 32.2. The number of carbonyl (C=O) groups is 2. The van der Waals surface area contributed by atoms with E-state index < -0.39 is 12.0 Å². The van der Waals surface area contributed by atoms with Crippen molar-refractivity contribution in [3.63, 3.8) is 0 Å². The first-order valence-electron chi connectivity index (χ1n) is 6.55. The molecule has 2 heterocycles. The molecule has 108 valence electrons. The lowest BCUT2D eigenvalue weighted by atomic mass is 10.2. The molecule has 1 aliphatic carbocycles. The van der Waals surface area contributed by atoms with E-state index >= 15 is 0 Å². The second-order valence-corrected chi connectivity index (χ2v) is 6.24. The summed E-state index contributed by atoms with van der Waals surface area (Å²) in [6.07, 6.45) is 5.49. The molecule has 2 aliphatic rings. The van der Waals surface area contributed by atoms with Crippen LogP contribution in [0.5, 0.6) is 0 Å². The molecule has 7 nitrogen and oxygen atoms in total. The highest BCUT2D eigenvalue weighted by molar-refractivity contribution is 8.00. The molecule has 8 heteroatoms. The van der Waals surface area contributed by atoms with E-state index in [1.54, 1.807) is 24.2 Å². The van der Waals surface area contributed by atoms with Gasteiger partial charge in [0.15, 0.2) is 0 Å². The Morgan fingerprint density at radius 3 is 2.95 bits per heavy atom. The molecule has 20 heavy (non-hydrogen) atoms. The maximum Gasteiger partial charge on any atom is 0.327 e. The number of nitrogens with zero attached hydrogens (tertiary/aromatic N) is 2. The molecule has 0 bridgehead atoms. The fourth-order valence-corrected chi connectivity index (χ4v) is 3.99. The first-order valence-corrected chi connectivity index (χ1v) is 7.60. The van der Waals surface area contributed by atoms with Gasteiger partial charge < -0.3 is 10.4 Å². The van der Waals surface area contributed by atoms with Gasteiger partial charge in [0.25, 0.3) is 0 Å². The number of nitrogens with one attached hydrogen (secondary N) is 2. The molecule has 2 unspecified atom stereocenters. The third-order valence-corrected chi connectivity index (χ3v) is 5.04. The largest absolute Gasteiger partial charge is 0.480 e. The van der Waals surface area contributed by atoms with Crippen molar-refractivity contribution in [3.05, 3.63) is 18.0 Å². The van der Waals surface area contributed by atoms with Gasteiger partial charge in [0, 0.05) is 24.1 Å². The van der Waals surface area contributed by atoms with Crippen LogP contribution in [-0.2, 0) is 11.3 Å². The monoisotopic (exact) mass is 296 g/mol. The van der Waals surface area contributed by atoms with Gasteiger partial charge in [0.2, 0.25) is 0 Å². The van der Waals surface area contributed by atoms with Gasteiger partial charge in [-0.1, -0.05) is 0 Å². The Labute approximate surface area is 120 Å². The molecule has 0 aromatic carbocycles. The van der Waals surface area contributed by atoms with Gasteiger partial charge >= 0.3 is 12.0 Å². The van der Waals surface area contributed by atoms with E-state index in [1.165, 1.54) is 4.90 Å². The maximum atomic E-state index is 12.3. The summed E-state index contributed by atoms with van der Waals surface area (Å²) in [7, 11) is 0. The molecule has 2 amide bonds. The zero-order valence-electron chi connectivity index (χ0n) is 10.8. The summed E-state index contributed by atoms with van der Waals surface area (Å²) in [6.45, 7) is 0.347. The zero-order valence-corrected chi connectivity index (χ0v) is 11.6. The second-order valence-electron chi connectivity index (χ2n) is 5.09. The van der Waals surface area contributed by atoms with Crippen LogP contribution in [0.4, 0.5) is 4.79 Å². The van der Waals surface area contributed by atoms with Crippen LogP contribution in [0, 0.1) is 5.92 Å². The normalized spacial score (nSPS) is 25.7. The van der Waals surface area contributed by atoms with Crippen LogP contribution in [0.25, 0.3) is 0 Å². The van der Waals surface area contributed by atoms with E-state index in [0.29, 0.717) is 18.2 Å². The number of H-pyrrole nitrogens is 1. The Balaban J connectivity index is 1.67. The number of carbonyl (C=O) groups excluding carboxylic acids is 1. The number of amides is 2. The minimum Gasteiger partial charge on any atom is -0.480 e. The number of carboxylic acids is 1. The van der Waals surface area contributed by atoms with Crippen molar-refractivity contribution in [1.82, 2.24) is 20.4 Å². The van der Waals surface area contributed by atoms with E-state index in [1.807, 2.05) is 0 Å². The van der Waals surface area contributed by atoms with E-state index in [2.05, 4.69) is 15.5 Å². The van der Waals surface area contributed by atoms with Gasteiger partial charge in [-0.15, -0.1) is 11.8 Å². The first kappa shape index (κ1) is 13.3. The van der Waals surface area contributed by atoms with Gasteiger partial charge in [-0.3, -0.25) is 10.00 Å². The lowest BCUT2D eigenvalue weighted by Gasteiger charge is -2.27. The Hall–Kier alpha value is -1.70. The summed E-state index contributed by atoms with van der Waals surface area (Å²) in [6, 6.07) is -1.03. The van der Waals surface area contributed by atoms with Crippen molar-refractivity contribution >= 4 is 23.8 Å². The molecular weight excluding hydrogens is 280 g/mol. The van der Waals surface area contributed by atoms with Crippen LogP contribution in [0.2, 0.25) is 0 Å². The lowest BCUT2D eigenvalue weighted by molar-refractivity contribution is -0.141. The number of rotatable bonds is 4. The van der Waals surface area contributed by atoms with Crippen molar-refractivity contribution in [2.24, 2.45) is 5.92 Å². The third-order valence-electron chi connectivity index (χ3n) is 3.58. The number of thioether (sulfide) groups is 1. The van der Waals surface area contributed by atoms with Crippen LogP contribution in [0.1, 0.15) is 18.4 Å². The summed E-state index contributed by atoms with van der Waals surface area (Å²) in [5.74, 6) is -0.0153. The fourth-order valence-electron chi connectivity index (χ4n) is 2.36. The fraction of sp³-hybridized carbons (Fsp3) is 0.583. The molecule has 3 rings (SSSR count). The molecule has 0 spiro atoms. The molecule has 1 saturated heterocycles. The van der Waals surface area contributed by atoms with Crippen molar-refractivity contribution < 1.29 is 14.7 Å². The number of aromatic amines is 1. The Kier molecular flexibility index (Phi) is 3.56. The summed E-state index contributed by atoms with van der Waals surface area (Å²) < 4.78 is 0. The van der Waals surface area contributed by atoms with Crippen LogP contribution < -0.4 is 5.32 Å². The van der Waals surface area contributed by atoms with Crippen LogP contribution >= 0.6 is 11.8 Å². The number of hydrogen-bond donors (Lipinski definition) is 3. The standard InChI is InChI=1S/C12H16N4O3S/c17-11(18)9-6-20-10(8-1-2-8)16(9)12(19)13-3-7-4-14-15-5-7/h4-5,8-10H,1-3,6H2,(H,13,19)(H,14,15)(H,17,18). The van der Waals surface area contributed by atoms with Crippen LogP contribution in [0.3, 0.4) is 0 Å². The van der Waals surface area contributed by atoms with Crippen molar-refractivity contribution in [3.8, 4) is 0 Å². The van der Waals surface area contributed by atoms with Gasteiger partial charge in [0.1, 0.15) is 6.04 Å². The molecule has 2 fully saturated rings. The molecule has 1 aliphatic heterocycles. The van der Waals surface area contributed by atoms with Crippen molar-refractivity contribution in [1.29, 1.82) is 0 Å². The smallest absolute Gasteiger partial charge is 0.327 e. The minimum atomic E-state index is -0.931. The molecule has 3 N–H and O–H groups in total. The highest BCUT2D eigenvalue weighted by Crippen LogP contribution is 2.45. The van der Waals surface area contributed by atoms with Crippen molar-refractivity contribution in [2.45, 2.75) is 30.8 Å². The van der Waals surface area contributed by atoms with Gasteiger partial charge in [-0.05, 0) is 18.8 Å². The number of aromatic nitrogens is 2. The average molecular weight is 296 g/mol. The zero-order chi connectivity index (χ0) is 14.1. The maximum absolute atomic E-state index is 12.3. The number of hydrogen-bond acceptors (Lipinski definition) is 4. The van der Waals surface area contributed by atoms with E-state index in [0.717, 1.165) is 18.4 Å². The quantitative estimate of drug-likeness (QED) is 0.765. The molecule has 2 atom stereocenters. The summed E-state index contributed by atoms with van der Waals surface area (Å²) in [5.41, 5.74) is 0.861. The average Bonchev–Trinajstić information content (AvgIpc) is 2.97. The summed E-state index contributed by atoms with van der Waals surface area (Å²) in [5, 5.41) is 18.5.